The largest absolute Gasteiger partial charge is 0.374 e. The Bertz CT molecular complexity index is 570. The zero-order chi connectivity index (χ0) is 13.3. The molecule has 0 saturated carbocycles. The third-order valence-corrected chi connectivity index (χ3v) is 3.46. The van der Waals surface area contributed by atoms with Crippen molar-refractivity contribution in [3.8, 4) is 0 Å². The van der Waals surface area contributed by atoms with Crippen molar-refractivity contribution in [2.24, 2.45) is 0 Å². The van der Waals surface area contributed by atoms with E-state index in [0.29, 0.717) is 20.8 Å². The average molecular weight is 284 g/mol. The molecule has 0 aliphatic heterocycles. The van der Waals surface area contributed by atoms with Crippen LogP contribution in [0.3, 0.4) is 0 Å². The molecule has 0 fully saturated rings. The average Bonchev–Trinajstić information content (AvgIpc) is 2.85. The number of amides is 1. The summed E-state index contributed by atoms with van der Waals surface area (Å²) in [6.45, 7) is 5.93. The molecule has 0 bridgehead atoms. The van der Waals surface area contributed by atoms with Gasteiger partial charge in [-0.05, 0) is 11.5 Å². The molecule has 3 N–H and O–H groups in total. The quantitative estimate of drug-likeness (QED) is 0.866. The van der Waals surface area contributed by atoms with Crippen LogP contribution in [0.15, 0.2) is 0 Å². The van der Waals surface area contributed by atoms with E-state index in [2.05, 4.69) is 25.1 Å². The Balaban J connectivity index is 2.22. The van der Waals surface area contributed by atoms with Gasteiger partial charge in [0, 0.05) is 5.41 Å². The van der Waals surface area contributed by atoms with Gasteiger partial charge in [0.25, 0.3) is 5.91 Å². The van der Waals surface area contributed by atoms with Crippen LogP contribution in [0.5, 0.6) is 0 Å². The predicted molar refractivity (Wildman–Crippen MR) is 70.9 cm³/mol. The number of carbonyl (C=O) groups excluding carboxylic acids is 1. The maximum Gasteiger partial charge on any atom is 0.271 e. The van der Waals surface area contributed by atoms with Crippen molar-refractivity contribution in [1.82, 2.24) is 19.8 Å². The van der Waals surface area contributed by atoms with Gasteiger partial charge >= 0.3 is 0 Å². The molecule has 0 saturated heterocycles. The molecule has 18 heavy (non-hydrogen) atoms. The minimum Gasteiger partial charge on any atom is -0.374 e. The second kappa shape index (κ2) is 4.58. The summed E-state index contributed by atoms with van der Waals surface area (Å²) in [5, 5.41) is 14.7. The van der Waals surface area contributed by atoms with E-state index in [1.165, 1.54) is 0 Å². The molecule has 0 radical (unpaired) electrons. The summed E-state index contributed by atoms with van der Waals surface area (Å²) in [7, 11) is 0. The molecular weight excluding hydrogens is 272 g/mol. The molecule has 9 heteroatoms. The van der Waals surface area contributed by atoms with E-state index in [4.69, 9.17) is 5.73 Å². The summed E-state index contributed by atoms with van der Waals surface area (Å²) in [6, 6.07) is 0. The molecule has 0 aromatic carbocycles. The SMILES string of the molecule is CC(C)(C)c1nnsc1C(=O)Nc1nnc(N)s1. The number of aromatic nitrogens is 4. The molecule has 1 amide bonds. The van der Waals surface area contributed by atoms with Gasteiger partial charge in [-0.1, -0.05) is 36.6 Å². The highest BCUT2D eigenvalue weighted by Crippen LogP contribution is 2.27. The van der Waals surface area contributed by atoms with Crippen LogP contribution in [0, 0.1) is 0 Å². The second-order valence-corrected chi connectivity index (χ2v) is 6.36. The van der Waals surface area contributed by atoms with E-state index >= 15 is 0 Å². The first-order chi connectivity index (χ1) is 8.38. The van der Waals surface area contributed by atoms with E-state index in [0.717, 1.165) is 22.9 Å². The summed E-state index contributed by atoms with van der Waals surface area (Å²) < 4.78 is 3.83. The standard InChI is InChI=1S/C9H12N6OS2/c1-9(2,3)5-4(18-15-12-5)6(16)11-8-14-13-7(10)17-8/h1-3H3,(H2,10,13)(H,11,14,16). The molecule has 2 heterocycles. The first-order valence-corrected chi connectivity index (χ1v) is 6.70. The fourth-order valence-corrected chi connectivity index (χ4v) is 2.55. The van der Waals surface area contributed by atoms with Crippen molar-refractivity contribution in [1.29, 1.82) is 0 Å². The van der Waals surface area contributed by atoms with Crippen LogP contribution in [0.2, 0.25) is 0 Å². The number of nitrogens with two attached hydrogens (primary N) is 1. The normalized spacial score (nSPS) is 11.5. The van der Waals surface area contributed by atoms with Crippen LogP contribution in [-0.4, -0.2) is 25.7 Å². The fraction of sp³-hybridized carbons (Fsp3) is 0.444. The lowest BCUT2D eigenvalue weighted by Crippen LogP contribution is -2.19. The number of carbonyl (C=O) groups is 1. The maximum atomic E-state index is 12.1. The van der Waals surface area contributed by atoms with Gasteiger partial charge in [-0.3, -0.25) is 10.1 Å². The van der Waals surface area contributed by atoms with Gasteiger partial charge in [-0.25, -0.2) is 0 Å². The third kappa shape index (κ3) is 2.62. The maximum absolute atomic E-state index is 12.1. The number of anilines is 2. The molecule has 0 unspecified atom stereocenters. The second-order valence-electron chi connectivity index (χ2n) is 4.60. The van der Waals surface area contributed by atoms with Crippen LogP contribution in [0.4, 0.5) is 10.3 Å². The smallest absolute Gasteiger partial charge is 0.271 e. The fourth-order valence-electron chi connectivity index (χ4n) is 1.27. The van der Waals surface area contributed by atoms with Gasteiger partial charge in [0.1, 0.15) is 4.88 Å². The van der Waals surface area contributed by atoms with Crippen molar-refractivity contribution >= 4 is 39.0 Å². The highest BCUT2D eigenvalue weighted by molar-refractivity contribution is 7.19. The van der Waals surface area contributed by atoms with Crippen molar-refractivity contribution in [2.45, 2.75) is 26.2 Å². The summed E-state index contributed by atoms with van der Waals surface area (Å²) in [6.07, 6.45) is 0. The predicted octanol–water partition coefficient (Wildman–Crippen LogP) is 1.52. The zero-order valence-corrected chi connectivity index (χ0v) is 11.7. The Morgan fingerprint density at radius 1 is 1.28 bits per heavy atom. The van der Waals surface area contributed by atoms with Crippen molar-refractivity contribution in [3.05, 3.63) is 10.6 Å². The van der Waals surface area contributed by atoms with Crippen LogP contribution < -0.4 is 11.1 Å². The first kappa shape index (κ1) is 12.8. The van der Waals surface area contributed by atoms with E-state index in [9.17, 15) is 4.79 Å². The van der Waals surface area contributed by atoms with Crippen LogP contribution in [0.1, 0.15) is 36.1 Å². The van der Waals surface area contributed by atoms with Crippen LogP contribution >= 0.6 is 22.9 Å². The van der Waals surface area contributed by atoms with Crippen molar-refractivity contribution in [3.63, 3.8) is 0 Å². The highest BCUT2D eigenvalue weighted by Gasteiger charge is 2.26. The number of rotatable bonds is 2. The lowest BCUT2D eigenvalue weighted by atomic mass is 9.91. The van der Waals surface area contributed by atoms with E-state index in [-0.39, 0.29) is 11.3 Å². The van der Waals surface area contributed by atoms with Gasteiger partial charge < -0.3 is 5.73 Å². The van der Waals surface area contributed by atoms with Crippen LogP contribution in [-0.2, 0) is 5.41 Å². The number of nitrogens with zero attached hydrogens (tertiary/aromatic N) is 4. The highest BCUT2D eigenvalue weighted by atomic mass is 32.1. The molecule has 96 valence electrons. The topological polar surface area (TPSA) is 107 Å². The van der Waals surface area contributed by atoms with E-state index in [1.54, 1.807) is 0 Å². The Hall–Kier alpha value is -1.61. The first-order valence-electron chi connectivity index (χ1n) is 5.11. The number of nitrogen functional groups attached to an aromatic ring is 1. The third-order valence-electron chi connectivity index (χ3n) is 2.07. The molecule has 2 aromatic rings. The van der Waals surface area contributed by atoms with Crippen LogP contribution in [0.25, 0.3) is 0 Å². The Kier molecular flexibility index (Phi) is 3.26. The molecule has 7 nitrogen and oxygen atoms in total. The van der Waals surface area contributed by atoms with Crippen molar-refractivity contribution in [2.75, 3.05) is 11.1 Å². The number of hydrogen-bond acceptors (Lipinski definition) is 8. The molecule has 0 aliphatic rings. The molecule has 0 atom stereocenters. The molecular formula is C9H12N6OS2. The minimum atomic E-state index is -0.286. The van der Waals surface area contributed by atoms with Gasteiger partial charge in [0.05, 0.1) is 5.69 Å². The zero-order valence-electron chi connectivity index (χ0n) is 10.1. The molecule has 2 rings (SSSR count). The van der Waals surface area contributed by atoms with Gasteiger partial charge in [0.15, 0.2) is 0 Å². The van der Waals surface area contributed by atoms with E-state index < -0.39 is 0 Å². The lowest BCUT2D eigenvalue weighted by Gasteiger charge is -2.15. The van der Waals surface area contributed by atoms with Gasteiger partial charge in [0.2, 0.25) is 10.3 Å². The van der Waals surface area contributed by atoms with Gasteiger partial charge in [-0.15, -0.1) is 15.3 Å². The summed E-state index contributed by atoms with van der Waals surface area (Å²) >= 11 is 2.18. The Morgan fingerprint density at radius 3 is 2.56 bits per heavy atom. The summed E-state index contributed by atoms with van der Waals surface area (Å²) in [4.78, 5) is 12.6. The van der Waals surface area contributed by atoms with E-state index in [1.807, 2.05) is 20.8 Å². The molecule has 2 aromatic heterocycles. The monoisotopic (exact) mass is 284 g/mol. The molecule has 0 aliphatic carbocycles. The van der Waals surface area contributed by atoms with Gasteiger partial charge in [-0.2, -0.15) is 0 Å². The summed E-state index contributed by atoms with van der Waals surface area (Å²) in [5.74, 6) is -0.286. The summed E-state index contributed by atoms with van der Waals surface area (Å²) in [5.41, 5.74) is 5.88. The Morgan fingerprint density at radius 2 is 2.00 bits per heavy atom. The minimum absolute atomic E-state index is 0.236. The lowest BCUT2D eigenvalue weighted by molar-refractivity contribution is 0.102. The molecule has 0 spiro atoms. The number of hydrogen-bond donors (Lipinski definition) is 2. The van der Waals surface area contributed by atoms with Crippen molar-refractivity contribution < 1.29 is 4.79 Å². The Labute approximate surface area is 112 Å². The number of nitrogens with one attached hydrogen (secondary N) is 1.